The van der Waals surface area contributed by atoms with E-state index in [2.05, 4.69) is 27.9 Å². The summed E-state index contributed by atoms with van der Waals surface area (Å²) in [4.78, 5) is 25.2. The van der Waals surface area contributed by atoms with E-state index in [4.69, 9.17) is 4.74 Å². The highest BCUT2D eigenvalue weighted by Gasteiger charge is 2.52. The monoisotopic (exact) mass is 470 g/mol. The van der Waals surface area contributed by atoms with Crippen LogP contribution in [-0.2, 0) is 17.5 Å². The summed E-state index contributed by atoms with van der Waals surface area (Å²) in [7, 11) is 0. The molecular formula is C23H21F3N6O2. The minimum atomic E-state index is -4.65. The zero-order valence-corrected chi connectivity index (χ0v) is 18.3. The molecule has 1 saturated carbocycles. The van der Waals surface area contributed by atoms with Crippen molar-refractivity contribution in [3.63, 3.8) is 0 Å². The normalized spacial score (nSPS) is 25.0. The fraction of sp³-hybridized carbons (Fsp3) is 0.435. The molecule has 11 heteroatoms. The largest absolute Gasteiger partial charge is 0.451 e. The Labute approximate surface area is 193 Å². The number of nitrogens with zero attached hydrogens (tertiary/aromatic N) is 6. The molecule has 1 saturated heterocycles. The molecule has 0 N–H and O–H groups in total. The van der Waals surface area contributed by atoms with Gasteiger partial charge in [0.1, 0.15) is 5.60 Å². The van der Waals surface area contributed by atoms with Gasteiger partial charge in [-0.05, 0) is 49.3 Å². The highest BCUT2D eigenvalue weighted by atomic mass is 19.4. The number of amides is 1. The van der Waals surface area contributed by atoms with Crippen LogP contribution in [0.4, 0.5) is 23.7 Å². The first-order valence-electron chi connectivity index (χ1n) is 10.8. The van der Waals surface area contributed by atoms with Crippen LogP contribution in [0.5, 0.6) is 0 Å². The lowest BCUT2D eigenvalue weighted by molar-refractivity contribution is -0.144. The molecule has 0 bridgehead atoms. The number of fused-ring (bicyclic) bond motifs is 1. The van der Waals surface area contributed by atoms with Crippen LogP contribution in [0.15, 0.2) is 36.9 Å². The van der Waals surface area contributed by atoms with E-state index in [1.165, 1.54) is 4.90 Å². The predicted octanol–water partition coefficient (Wildman–Crippen LogP) is 4.69. The number of rotatable bonds is 3. The molecule has 2 aliphatic rings. The maximum Gasteiger partial charge on any atom is 0.451 e. The Kier molecular flexibility index (Phi) is 5.00. The van der Waals surface area contributed by atoms with Gasteiger partial charge >= 0.3 is 12.3 Å². The van der Waals surface area contributed by atoms with Crippen LogP contribution in [0.2, 0.25) is 0 Å². The third kappa shape index (κ3) is 3.93. The Morgan fingerprint density at radius 3 is 2.68 bits per heavy atom. The molecule has 176 valence electrons. The Morgan fingerprint density at radius 2 is 1.97 bits per heavy atom. The van der Waals surface area contributed by atoms with Crippen LogP contribution in [0.3, 0.4) is 0 Å². The van der Waals surface area contributed by atoms with E-state index in [0.29, 0.717) is 24.9 Å². The number of imidazole rings is 1. The topological polar surface area (TPSA) is 96.9 Å². The van der Waals surface area contributed by atoms with Gasteiger partial charge in [-0.2, -0.15) is 18.4 Å². The summed E-state index contributed by atoms with van der Waals surface area (Å²) in [6, 6.07) is 7.51. The Hall–Kier alpha value is -3.68. The number of carbonyl (C=O) groups is 1. The summed E-state index contributed by atoms with van der Waals surface area (Å²) in [5.74, 6) is -1.25. The molecule has 2 atom stereocenters. The minimum absolute atomic E-state index is 0.173. The van der Waals surface area contributed by atoms with Gasteiger partial charge in [0.2, 0.25) is 5.82 Å². The molecule has 2 aromatic heterocycles. The summed E-state index contributed by atoms with van der Waals surface area (Å²) >= 11 is 0. The van der Waals surface area contributed by atoms with Gasteiger partial charge in [-0.1, -0.05) is 6.92 Å². The second-order valence-corrected chi connectivity index (χ2v) is 9.43. The molecule has 0 radical (unpaired) electrons. The van der Waals surface area contributed by atoms with Crippen molar-refractivity contribution in [1.29, 1.82) is 5.26 Å². The number of anilines is 1. The van der Waals surface area contributed by atoms with Crippen molar-refractivity contribution in [3.8, 4) is 6.07 Å². The van der Waals surface area contributed by atoms with E-state index < -0.39 is 23.7 Å². The van der Waals surface area contributed by atoms with Gasteiger partial charge in [0.15, 0.2) is 0 Å². The Balaban J connectivity index is 1.36. The Morgan fingerprint density at radius 1 is 1.21 bits per heavy atom. The van der Waals surface area contributed by atoms with Gasteiger partial charge in [-0.25, -0.2) is 19.7 Å². The Bertz CT molecular complexity index is 1300. The van der Waals surface area contributed by atoms with Crippen LogP contribution >= 0.6 is 0 Å². The van der Waals surface area contributed by atoms with Gasteiger partial charge in [0, 0.05) is 6.54 Å². The molecule has 1 aromatic carbocycles. The van der Waals surface area contributed by atoms with Crippen molar-refractivity contribution in [2.45, 2.75) is 50.9 Å². The van der Waals surface area contributed by atoms with Crippen molar-refractivity contribution < 1.29 is 22.7 Å². The first-order chi connectivity index (χ1) is 16.1. The van der Waals surface area contributed by atoms with Gasteiger partial charge < -0.3 is 9.30 Å². The number of aromatic nitrogens is 4. The molecule has 3 aromatic rings. The maximum absolute atomic E-state index is 12.8. The number of nitriles is 1. The van der Waals surface area contributed by atoms with Crippen LogP contribution in [0.1, 0.15) is 44.0 Å². The third-order valence-corrected chi connectivity index (χ3v) is 6.64. The van der Waals surface area contributed by atoms with Crippen LogP contribution in [0, 0.1) is 16.7 Å². The molecule has 34 heavy (non-hydrogen) atoms. The lowest BCUT2D eigenvalue weighted by Crippen LogP contribution is -2.45. The van der Waals surface area contributed by atoms with Crippen molar-refractivity contribution in [3.05, 3.63) is 48.3 Å². The molecule has 2 unspecified atom stereocenters. The van der Waals surface area contributed by atoms with Crippen LogP contribution < -0.4 is 4.90 Å². The fourth-order valence-corrected chi connectivity index (χ4v) is 5.24. The van der Waals surface area contributed by atoms with Gasteiger partial charge in [0.05, 0.1) is 53.6 Å². The summed E-state index contributed by atoms with van der Waals surface area (Å²) < 4.78 is 46.2. The number of alkyl halides is 3. The van der Waals surface area contributed by atoms with Crippen molar-refractivity contribution >= 4 is 22.8 Å². The minimum Gasteiger partial charge on any atom is -0.441 e. The van der Waals surface area contributed by atoms with Crippen molar-refractivity contribution in [2.24, 2.45) is 5.41 Å². The van der Waals surface area contributed by atoms with Gasteiger partial charge in [-0.3, -0.25) is 4.90 Å². The summed E-state index contributed by atoms with van der Waals surface area (Å²) in [5, 5.41) is 9.24. The number of ether oxygens (including phenoxy) is 1. The third-order valence-electron chi connectivity index (χ3n) is 6.64. The average Bonchev–Trinajstić information content (AvgIpc) is 3.32. The quantitative estimate of drug-likeness (QED) is 0.551. The molecule has 1 spiro atoms. The number of hydrogen-bond acceptors (Lipinski definition) is 6. The van der Waals surface area contributed by atoms with Crippen LogP contribution in [-0.4, -0.2) is 37.8 Å². The van der Waals surface area contributed by atoms with Crippen molar-refractivity contribution in [1.82, 2.24) is 19.5 Å². The second kappa shape index (κ2) is 7.68. The molecule has 2 fully saturated rings. The second-order valence-electron chi connectivity index (χ2n) is 9.43. The van der Waals surface area contributed by atoms with E-state index in [1.54, 1.807) is 12.4 Å². The van der Waals surface area contributed by atoms with E-state index in [1.807, 2.05) is 16.7 Å². The molecular weight excluding hydrogens is 449 g/mol. The summed E-state index contributed by atoms with van der Waals surface area (Å²) in [5.41, 5.74) is 1.42. The first-order valence-corrected chi connectivity index (χ1v) is 10.8. The predicted molar refractivity (Wildman–Crippen MR) is 115 cm³/mol. The highest BCUT2D eigenvalue weighted by Crippen LogP contribution is 2.48. The molecule has 1 amide bonds. The molecule has 1 aliphatic heterocycles. The van der Waals surface area contributed by atoms with E-state index >= 15 is 0 Å². The zero-order chi connectivity index (χ0) is 24.1. The van der Waals surface area contributed by atoms with Gasteiger partial charge in [-0.15, -0.1) is 0 Å². The number of halogens is 3. The van der Waals surface area contributed by atoms with E-state index in [-0.39, 0.29) is 17.6 Å². The number of benzene rings is 1. The first kappa shape index (κ1) is 22.1. The standard InChI is InChI=1S/C23H21F3N6O2/c1-21(12-31-14-30-17-4-3-15(8-27)7-18(17)31)5-2-6-22(11-21)13-32(20(33)34-22)16-9-28-19(29-10-16)23(24,25)26/h3-4,7,9-10,14H,2,5-6,11-13H2,1H3. The molecule has 1 aliphatic carbocycles. The maximum atomic E-state index is 12.8. The molecule has 3 heterocycles. The highest BCUT2D eigenvalue weighted by molar-refractivity contribution is 5.90. The zero-order valence-electron chi connectivity index (χ0n) is 18.3. The van der Waals surface area contributed by atoms with Crippen molar-refractivity contribution in [2.75, 3.05) is 11.4 Å². The lowest BCUT2D eigenvalue weighted by atomic mass is 9.68. The summed E-state index contributed by atoms with van der Waals surface area (Å²) in [6.45, 7) is 2.98. The summed E-state index contributed by atoms with van der Waals surface area (Å²) in [6.07, 6.45) is 1.48. The smallest absolute Gasteiger partial charge is 0.441 e. The fourth-order valence-electron chi connectivity index (χ4n) is 5.24. The van der Waals surface area contributed by atoms with Crippen LogP contribution in [0.25, 0.3) is 11.0 Å². The van der Waals surface area contributed by atoms with Gasteiger partial charge in [0.25, 0.3) is 0 Å². The number of hydrogen-bond donors (Lipinski definition) is 0. The molecule has 8 nitrogen and oxygen atoms in total. The number of carbonyl (C=O) groups excluding carboxylic acids is 1. The SMILES string of the molecule is CC1(Cn2cnc3ccc(C#N)cc32)CCCC2(CN(c3cnc(C(F)(F)F)nc3)C(=O)O2)C1. The van der Waals surface area contributed by atoms with E-state index in [0.717, 1.165) is 36.3 Å². The molecule has 5 rings (SSSR count). The average molecular weight is 470 g/mol. The lowest BCUT2D eigenvalue weighted by Gasteiger charge is -2.43. The van der Waals surface area contributed by atoms with E-state index in [9.17, 15) is 23.2 Å².